The van der Waals surface area contributed by atoms with Crippen molar-refractivity contribution < 1.29 is 9.53 Å². The van der Waals surface area contributed by atoms with Crippen LogP contribution in [0.25, 0.3) is 0 Å². The zero-order valence-corrected chi connectivity index (χ0v) is 10.8. The predicted molar refractivity (Wildman–Crippen MR) is 70.7 cm³/mol. The summed E-state index contributed by atoms with van der Waals surface area (Å²) in [6, 6.07) is 9.61. The van der Waals surface area contributed by atoms with Gasteiger partial charge >= 0.3 is 6.09 Å². The number of para-hydroxylation sites is 1. The van der Waals surface area contributed by atoms with Crippen molar-refractivity contribution >= 4 is 6.09 Å². The van der Waals surface area contributed by atoms with Gasteiger partial charge in [-0.3, -0.25) is 0 Å². The van der Waals surface area contributed by atoms with Crippen molar-refractivity contribution in [1.82, 2.24) is 10.2 Å². The molecule has 98 valence electrons. The lowest BCUT2D eigenvalue weighted by atomic mass is 10.1. The van der Waals surface area contributed by atoms with Gasteiger partial charge in [-0.2, -0.15) is 0 Å². The molecule has 1 amide bonds. The van der Waals surface area contributed by atoms with Gasteiger partial charge in [-0.05, 0) is 31.5 Å². The summed E-state index contributed by atoms with van der Waals surface area (Å²) >= 11 is 0. The Bertz CT molecular complexity index is 379. The first-order valence-corrected chi connectivity index (χ1v) is 6.54. The molecule has 0 spiro atoms. The minimum atomic E-state index is -0.246. The molecule has 2 rings (SSSR count). The summed E-state index contributed by atoms with van der Waals surface area (Å²) in [7, 11) is 0. The average Bonchev–Trinajstić information content (AvgIpc) is 2.40. The smallest absolute Gasteiger partial charge is 0.410 e. The molecule has 0 saturated carbocycles. The molecule has 0 aromatic heterocycles. The number of amides is 1. The topological polar surface area (TPSA) is 41.6 Å². The van der Waals surface area contributed by atoms with Crippen LogP contribution < -0.4 is 10.1 Å². The Hall–Kier alpha value is -1.55. The monoisotopic (exact) mass is 248 g/mol. The van der Waals surface area contributed by atoms with Crippen molar-refractivity contribution in [2.24, 2.45) is 0 Å². The maximum Gasteiger partial charge on any atom is 0.415 e. The molecule has 18 heavy (non-hydrogen) atoms. The summed E-state index contributed by atoms with van der Waals surface area (Å²) in [5.41, 5.74) is 0. The van der Waals surface area contributed by atoms with Crippen molar-refractivity contribution in [3.05, 3.63) is 30.3 Å². The van der Waals surface area contributed by atoms with Crippen LogP contribution in [-0.4, -0.2) is 36.7 Å². The molecule has 1 heterocycles. The molecule has 0 aliphatic carbocycles. The van der Waals surface area contributed by atoms with Gasteiger partial charge in [0.2, 0.25) is 0 Å². The van der Waals surface area contributed by atoms with Crippen LogP contribution in [0.15, 0.2) is 30.3 Å². The highest BCUT2D eigenvalue weighted by molar-refractivity contribution is 5.70. The maximum atomic E-state index is 12.0. The second kappa shape index (κ2) is 6.40. The van der Waals surface area contributed by atoms with E-state index in [0.717, 1.165) is 32.5 Å². The number of hydrogen-bond donors (Lipinski definition) is 1. The van der Waals surface area contributed by atoms with Gasteiger partial charge in [-0.25, -0.2) is 4.79 Å². The van der Waals surface area contributed by atoms with E-state index in [4.69, 9.17) is 4.74 Å². The Morgan fingerprint density at radius 3 is 2.94 bits per heavy atom. The summed E-state index contributed by atoms with van der Waals surface area (Å²) in [6.45, 7) is 4.54. The number of carbonyl (C=O) groups is 1. The summed E-state index contributed by atoms with van der Waals surface area (Å²) in [6.07, 6.45) is 1.91. The van der Waals surface area contributed by atoms with Crippen LogP contribution in [0, 0.1) is 0 Å². The number of rotatable bonds is 3. The predicted octanol–water partition coefficient (Wildman–Crippen LogP) is 2.26. The minimum absolute atomic E-state index is 0.246. The zero-order chi connectivity index (χ0) is 12.8. The van der Waals surface area contributed by atoms with E-state index in [1.54, 1.807) is 17.0 Å². The molecule has 1 saturated heterocycles. The van der Waals surface area contributed by atoms with Crippen LogP contribution in [0.2, 0.25) is 0 Å². The molecule has 1 aliphatic heterocycles. The number of piperidine rings is 1. The highest BCUT2D eigenvalue weighted by Gasteiger charge is 2.24. The highest BCUT2D eigenvalue weighted by atomic mass is 16.6. The number of nitrogens with zero attached hydrogens (tertiary/aromatic N) is 1. The SMILES string of the molecule is CCNC1CCCN(C(=O)Oc2ccccc2)C1. The number of nitrogens with one attached hydrogen (secondary N) is 1. The molecule has 1 unspecified atom stereocenters. The number of benzene rings is 1. The molecule has 1 fully saturated rings. The number of likely N-dealkylation sites (N-methyl/N-ethyl adjacent to an activating group) is 1. The Balaban J connectivity index is 1.88. The lowest BCUT2D eigenvalue weighted by Gasteiger charge is -2.32. The first kappa shape index (κ1) is 12.9. The van der Waals surface area contributed by atoms with Gasteiger partial charge in [0.15, 0.2) is 0 Å². The minimum Gasteiger partial charge on any atom is -0.410 e. The first-order chi connectivity index (χ1) is 8.79. The molecule has 4 heteroatoms. The van der Waals surface area contributed by atoms with Crippen LogP contribution in [0.4, 0.5) is 4.79 Å². The molecule has 0 bridgehead atoms. The van der Waals surface area contributed by atoms with Gasteiger partial charge < -0.3 is 15.0 Å². The van der Waals surface area contributed by atoms with Gasteiger partial charge in [0.25, 0.3) is 0 Å². The van der Waals surface area contributed by atoms with Gasteiger partial charge in [0, 0.05) is 19.1 Å². The molecule has 1 atom stereocenters. The molecule has 1 aliphatic rings. The van der Waals surface area contributed by atoms with Crippen molar-refractivity contribution in [2.75, 3.05) is 19.6 Å². The van der Waals surface area contributed by atoms with E-state index in [-0.39, 0.29) is 6.09 Å². The lowest BCUT2D eigenvalue weighted by molar-refractivity contribution is 0.133. The summed E-state index contributed by atoms with van der Waals surface area (Å²) < 4.78 is 5.34. The number of likely N-dealkylation sites (tertiary alicyclic amines) is 1. The highest BCUT2D eigenvalue weighted by Crippen LogP contribution is 2.14. The van der Waals surface area contributed by atoms with E-state index in [9.17, 15) is 4.79 Å². The van der Waals surface area contributed by atoms with E-state index >= 15 is 0 Å². The molecule has 1 aromatic rings. The van der Waals surface area contributed by atoms with E-state index in [1.807, 2.05) is 18.2 Å². The summed E-state index contributed by atoms with van der Waals surface area (Å²) in [5, 5.41) is 3.38. The molecule has 1 aromatic carbocycles. The summed E-state index contributed by atoms with van der Waals surface area (Å²) in [5.74, 6) is 0.605. The van der Waals surface area contributed by atoms with E-state index in [0.29, 0.717) is 11.8 Å². The molecule has 1 N–H and O–H groups in total. The third kappa shape index (κ3) is 3.47. The van der Waals surface area contributed by atoms with Crippen molar-refractivity contribution in [3.8, 4) is 5.75 Å². The van der Waals surface area contributed by atoms with E-state index in [1.165, 1.54) is 0 Å². The normalized spacial score (nSPS) is 19.6. The molecular weight excluding hydrogens is 228 g/mol. The Morgan fingerprint density at radius 1 is 1.44 bits per heavy atom. The Kier molecular flexibility index (Phi) is 4.59. The Morgan fingerprint density at radius 2 is 2.22 bits per heavy atom. The van der Waals surface area contributed by atoms with Crippen LogP contribution >= 0.6 is 0 Å². The number of hydrogen-bond acceptors (Lipinski definition) is 3. The fraction of sp³-hybridized carbons (Fsp3) is 0.500. The quantitative estimate of drug-likeness (QED) is 0.892. The number of carbonyl (C=O) groups excluding carboxylic acids is 1. The maximum absolute atomic E-state index is 12.0. The standard InChI is InChI=1S/C14H20N2O2/c1-2-15-12-7-6-10-16(11-12)14(17)18-13-8-4-3-5-9-13/h3-5,8-9,12,15H,2,6-7,10-11H2,1H3. The third-order valence-corrected chi connectivity index (χ3v) is 3.12. The van der Waals surface area contributed by atoms with Crippen LogP contribution in [0.1, 0.15) is 19.8 Å². The largest absolute Gasteiger partial charge is 0.415 e. The fourth-order valence-electron chi connectivity index (χ4n) is 2.25. The van der Waals surface area contributed by atoms with Gasteiger partial charge in [0.1, 0.15) is 5.75 Å². The van der Waals surface area contributed by atoms with Crippen LogP contribution in [0.3, 0.4) is 0 Å². The molecule has 0 radical (unpaired) electrons. The third-order valence-electron chi connectivity index (χ3n) is 3.12. The van der Waals surface area contributed by atoms with E-state index < -0.39 is 0 Å². The van der Waals surface area contributed by atoms with Crippen molar-refractivity contribution in [3.63, 3.8) is 0 Å². The van der Waals surface area contributed by atoms with E-state index in [2.05, 4.69) is 12.2 Å². The average molecular weight is 248 g/mol. The van der Waals surface area contributed by atoms with Crippen molar-refractivity contribution in [1.29, 1.82) is 0 Å². The second-order valence-corrected chi connectivity index (χ2v) is 4.52. The van der Waals surface area contributed by atoms with Crippen LogP contribution in [0.5, 0.6) is 5.75 Å². The van der Waals surface area contributed by atoms with Gasteiger partial charge in [-0.1, -0.05) is 25.1 Å². The Labute approximate surface area is 108 Å². The fourth-order valence-corrected chi connectivity index (χ4v) is 2.25. The molecule has 4 nitrogen and oxygen atoms in total. The lowest BCUT2D eigenvalue weighted by Crippen LogP contribution is -2.48. The van der Waals surface area contributed by atoms with Gasteiger partial charge in [0.05, 0.1) is 0 Å². The second-order valence-electron chi connectivity index (χ2n) is 4.52. The van der Waals surface area contributed by atoms with Crippen molar-refractivity contribution in [2.45, 2.75) is 25.8 Å². The zero-order valence-electron chi connectivity index (χ0n) is 10.8. The van der Waals surface area contributed by atoms with Crippen LogP contribution in [-0.2, 0) is 0 Å². The summed E-state index contributed by atoms with van der Waals surface area (Å²) in [4.78, 5) is 13.8. The van der Waals surface area contributed by atoms with Gasteiger partial charge in [-0.15, -0.1) is 0 Å². The number of ether oxygens (including phenoxy) is 1. The first-order valence-electron chi connectivity index (χ1n) is 6.54. The molecular formula is C14H20N2O2.